The molecule has 0 unspecified atom stereocenters. The average Bonchev–Trinajstić information content (AvgIpc) is 3.08. The second-order valence-electron chi connectivity index (χ2n) is 5.60. The topological polar surface area (TPSA) is 79.7 Å². The number of H-pyrrole nitrogens is 2. The number of aromatic amines is 2. The predicted octanol–water partition coefficient (Wildman–Crippen LogP) is 3.36. The standard InChI is InChI=1S/C17H18N4O/c1-22-13-8-3-2-5-10(13)9-11-6-4-7-12-14(11)15-16(18)20-21-17(15)19-12/h2-3,5,8-9H,4,6-7H2,1H3,(H4,18,19,20,21)/b11-9+. The van der Waals surface area contributed by atoms with Gasteiger partial charge in [-0.1, -0.05) is 18.2 Å². The molecule has 0 amide bonds. The molecule has 0 saturated heterocycles. The number of rotatable bonds is 2. The minimum Gasteiger partial charge on any atom is -0.496 e. The van der Waals surface area contributed by atoms with E-state index in [9.17, 15) is 0 Å². The van der Waals surface area contributed by atoms with Crippen molar-refractivity contribution in [2.75, 3.05) is 12.8 Å². The van der Waals surface area contributed by atoms with Gasteiger partial charge in [-0.3, -0.25) is 5.10 Å². The monoisotopic (exact) mass is 294 g/mol. The molecular weight excluding hydrogens is 276 g/mol. The molecule has 112 valence electrons. The number of hydrogen-bond acceptors (Lipinski definition) is 3. The lowest BCUT2D eigenvalue weighted by atomic mass is 9.89. The fourth-order valence-electron chi connectivity index (χ4n) is 3.30. The normalized spacial score (nSPS) is 16.1. The largest absolute Gasteiger partial charge is 0.496 e. The maximum Gasteiger partial charge on any atom is 0.162 e. The highest BCUT2D eigenvalue weighted by Crippen LogP contribution is 2.39. The van der Waals surface area contributed by atoms with Crippen LogP contribution in [0, 0.1) is 0 Å². The molecule has 3 aromatic rings. The molecule has 0 atom stereocenters. The summed E-state index contributed by atoms with van der Waals surface area (Å²) in [5.74, 6) is 1.51. The Hall–Kier alpha value is -2.69. The fraction of sp³-hybridized carbons (Fsp3) is 0.235. The first kappa shape index (κ1) is 13.0. The van der Waals surface area contributed by atoms with E-state index in [0.29, 0.717) is 5.82 Å². The van der Waals surface area contributed by atoms with Crippen molar-refractivity contribution < 1.29 is 4.74 Å². The third-order valence-electron chi connectivity index (χ3n) is 4.28. The van der Waals surface area contributed by atoms with Gasteiger partial charge in [-0.15, -0.1) is 0 Å². The minimum absolute atomic E-state index is 0.625. The van der Waals surface area contributed by atoms with Crippen LogP contribution < -0.4 is 10.5 Å². The number of allylic oxidation sites excluding steroid dienone is 1. The van der Waals surface area contributed by atoms with E-state index in [1.807, 2.05) is 18.2 Å². The Kier molecular flexibility index (Phi) is 2.92. The molecule has 0 bridgehead atoms. The first-order valence-electron chi connectivity index (χ1n) is 7.46. The number of anilines is 1. The highest BCUT2D eigenvalue weighted by atomic mass is 16.5. The van der Waals surface area contributed by atoms with Crippen LogP contribution in [0.1, 0.15) is 29.7 Å². The predicted molar refractivity (Wildman–Crippen MR) is 88.7 cm³/mol. The van der Waals surface area contributed by atoms with Crippen LogP contribution in [0.25, 0.3) is 22.7 Å². The Balaban J connectivity index is 1.91. The molecule has 5 heteroatoms. The van der Waals surface area contributed by atoms with Crippen LogP contribution in [0.3, 0.4) is 0 Å². The molecule has 0 saturated carbocycles. The van der Waals surface area contributed by atoms with Gasteiger partial charge in [-0.25, -0.2) is 0 Å². The highest BCUT2D eigenvalue weighted by Gasteiger charge is 2.23. The zero-order chi connectivity index (χ0) is 15.1. The number of benzene rings is 1. The SMILES string of the molecule is COc1ccccc1/C=C1\CCCc2[nH]c3n[nH]c(N)c3c21. The summed E-state index contributed by atoms with van der Waals surface area (Å²) in [5, 5.41) is 8.11. The third kappa shape index (κ3) is 1.89. The second-order valence-corrected chi connectivity index (χ2v) is 5.60. The number of nitrogens with one attached hydrogen (secondary N) is 2. The van der Waals surface area contributed by atoms with Gasteiger partial charge in [-0.2, -0.15) is 5.10 Å². The molecule has 4 rings (SSSR count). The van der Waals surface area contributed by atoms with Crippen molar-refractivity contribution in [2.45, 2.75) is 19.3 Å². The van der Waals surface area contributed by atoms with Gasteiger partial charge >= 0.3 is 0 Å². The van der Waals surface area contributed by atoms with E-state index >= 15 is 0 Å². The number of hydrogen-bond donors (Lipinski definition) is 3. The van der Waals surface area contributed by atoms with Gasteiger partial charge in [0.15, 0.2) is 5.65 Å². The van der Waals surface area contributed by atoms with Gasteiger partial charge in [0.05, 0.1) is 12.5 Å². The Morgan fingerprint density at radius 1 is 1.27 bits per heavy atom. The number of nitrogens with zero attached hydrogens (tertiary/aromatic N) is 1. The zero-order valence-corrected chi connectivity index (χ0v) is 12.4. The summed E-state index contributed by atoms with van der Waals surface area (Å²) in [6, 6.07) is 8.06. The molecule has 0 fully saturated rings. The van der Waals surface area contributed by atoms with Crippen molar-refractivity contribution >= 4 is 28.5 Å². The van der Waals surface area contributed by atoms with Gasteiger partial charge in [0.25, 0.3) is 0 Å². The quantitative estimate of drug-likeness (QED) is 0.678. The summed E-state index contributed by atoms with van der Waals surface area (Å²) in [6.07, 6.45) is 5.40. The second kappa shape index (κ2) is 4.94. The number of nitrogen functional groups attached to an aromatic ring is 1. The minimum atomic E-state index is 0.625. The Morgan fingerprint density at radius 2 is 2.14 bits per heavy atom. The molecule has 2 aromatic heterocycles. The van der Waals surface area contributed by atoms with E-state index in [1.165, 1.54) is 16.8 Å². The molecule has 1 aliphatic carbocycles. The van der Waals surface area contributed by atoms with Gasteiger partial charge in [0, 0.05) is 16.8 Å². The zero-order valence-electron chi connectivity index (χ0n) is 12.4. The maximum absolute atomic E-state index is 6.07. The van der Waals surface area contributed by atoms with Gasteiger partial charge in [-0.05, 0) is 37.0 Å². The summed E-state index contributed by atoms with van der Waals surface area (Å²) in [5.41, 5.74) is 11.7. The lowest BCUT2D eigenvalue weighted by Crippen LogP contribution is -2.01. The molecule has 0 aliphatic heterocycles. The van der Waals surface area contributed by atoms with Crippen LogP contribution >= 0.6 is 0 Å². The Bertz CT molecular complexity index is 872. The number of methoxy groups -OCH3 is 1. The molecule has 4 N–H and O–H groups in total. The molecule has 2 heterocycles. The number of aromatic nitrogens is 3. The summed E-state index contributed by atoms with van der Waals surface area (Å²) in [4.78, 5) is 3.39. The van der Waals surface area contributed by atoms with Crippen LogP contribution in [-0.2, 0) is 6.42 Å². The summed E-state index contributed by atoms with van der Waals surface area (Å²) in [6.45, 7) is 0. The summed E-state index contributed by atoms with van der Waals surface area (Å²) < 4.78 is 5.46. The Morgan fingerprint density at radius 3 is 3.00 bits per heavy atom. The average molecular weight is 294 g/mol. The molecule has 22 heavy (non-hydrogen) atoms. The van der Waals surface area contributed by atoms with Crippen LogP contribution in [0.2, 0.25) is 0 Å². The number of aryl methyl sites for hydroxylation is 1. The first-order chi connectivity index (χ1) is 10.8. The van der Waals surface area contributed by atoms with E-state index < -0.39 is 0 Å². The van der Waals surface area contributed by atoms with Crippen LogP contribution in [0.5, 0.6) is 5.75 Å². The van der Waals surface area contributed by atoms with Crippen LogP contribution in [0.4, 0.5) is 5.82 Å². The summed E-state index contributed by atoms with van der Waals surface area (Å²) in [7, 11) is 1.70. The number of ether oxygens (including phenoxy) is 1. The highest BCUT2D eigenvalue weighted by molar-refractivity contribution is 6.02. The van der Waals surface area contributed by atoms with Gasteiger partial charge in [0.1, 0.15) is 11.6 Å². The molecule has 0 radical (unpaired) electrons. The lowest BCUT2D eigenvalue weighted by molar-refractivity contribution is 0.414. The summed E-state index contributed by atoms with van der Waals surface area (Å²) >= 11 is 0. The maximum atomic E-state index is 6.07. The van der Waals surface area contributed by atoms with Crippen LogP contribution in [0.15, 0.2) is 24.3 Å². The first-order valence-corrected chi connectivity index (χ1v) is 7.46. The molecule has 0 spiro atoms. The number of para-hydroxylation sites is 1. The van der Waals surface area contributed by atoms with Gasteiger partial charge in [0.2, 0.25) is 0 Å². The molecule has 5 nitrogen and oxygen atoms in total. The van der Waals surface area contributed by atoms with Crippen molar-refractivity contribution in [3.05, 3.63) is 41.1 Å². The van der Waals surface area contributed by atoms with Crippen molar-refractivity contribution in [3.63, 3.8) is 0 Å². The lowest BCUT2D eigenvalue weighted by Gasteiger charge is -2.16. The molecule has 1 aliphatic rings. The van der Waals surface area contributed by atoms with Crippen molar-refractivity contribution in [3.8, 4) is 5.75 Å². The molecule has 1 aromatic carbocycles. The van der Waals surface area contributed by atoms with E-state index in [4.69, 9.17) is 10.5 Å². The van der Waals surface area contributed by atoms with Crippen molar-refractivity contribution in [1.29, 1.82) is 0 Å². The van der Waals surface area contributed by atoms with E-state index in [2.05, 4.69) is 27.3 Å². The van der Waals surface area contributed by atoms with E-state index in [0.717, 1.165) is 41.6 Å². The molecular formula is C17H18N4O. The van der Waals surface area contributed by atoms with E-state index in [1.54, 1.807) is 7.11 Å². The van der Waals surface area contributed by atoms with Crippen LogP contribution in [-0.4, -0.2) is 22.3 Å². The number of nitrogens with two attached hydrogens (primary N) is 1. The number of fused-ring (bicyclic) bond motifs is 3. The smallest absolute Gasteiger partial charge is 0.162 e. The fourth-order valence-corrected chi connectivity index (χ4v) is 3.30. The van der Waals surface area contributed by atoms with Crippen molar-refractivity contribution in [2.24, 2.45) is 0 Å². The van der Waals surface area contributed by atoms with E-state index in [-0.39, 0.29) is 0 Å². The Labute approximate surface area is 128 Å². The third-order valence-corrected chi connectivity index (χ3v) is 4.28. The van der Waals surface area contributed by atoms with Gasteiger partial charge < -0.3 is 15.5 Å². The van der Waals surface area contributed by atoms with Crippen molar-refractivity contribution in [1.82, 2.24) is 15.2 Å².